The summed E-state index contributed by atoms with van der Waals surface area (Å²) in [5, 5.41) is 0. The van der Waals surface area contributed by atoms with E-state index in [1.807, 2.05) is 19.1 Å². The van der Waals surface area contributed by atoms with E-state index in [0.29, 0.717) is 0 Å². The Labute approximate surface area is 83.8 Å². The highest BCUT2D eigenvalue weighted by Gasteiger charge is 1.94. The first kappa shape index (κ1) is 10.2. The molecule has 0 radical (unpaired) electrons. The summed E-state index contributed by atoms with van der Waals surface area (Å²) in [7, 11) is 1.68. The highest BCUT2D eigenvalue weighted by atomic mass is 32.2. The highest BCUT2D eigenvalue weighted by molar-refractivity contribution is 7.99. The molecule has 0 aliphatic heterocycles. The van der Waals surface area contributed by atoms with Crippen molar-refractivity contribution >= 4 is 11.8 Å². The lowest BCUT2D eigenvalue weighted by Gasteiger charge is -2.02. The Morgan fingerprint density at radius 3 is 2.46 bits per heavy atom. The van der Waals surface area contributed by atoms with Gasteiger partial charge < -0.3 is 4.74 Å². The topological polar surface area (TPSA) is 9.23 Å². The average molecular weight is 194 g/mol. The van der Waals surface area contributed by atoms with E-state index >= 15 is 0 Å². The summed E-state index contributed by atoms with van der Waals surface area (Å²) in [5.74, 6) is 1.88. The Hall–Kier alpha value is -0.890. The van der Waals surface area contributed by atoms with Crippen LogP contribution >= 0.6 is 11.8 Å². The van der Waals surface area contributed by atoms with Gasteiger partial charge in [0.05, 0.1) is 7.11 Å². The molecule has 70 valence electrons. The first-order valence-corrected chi connectivity index (χ1v) is 5.12. The summed E-state index contributed by atoms with van der Waals surface area (Å²) in [6.45, 7) is 5.90. The van der Waals surface area contributed by atoms with Crippen LogP contribution in [0.5, 0.6) is 5.75 Å². The molecule has 0 atom stereocenters. The Kier molecular flexibility index (Phi) is 3.90. The Morgan fingerprint density at radius 2 is 2.00 bits per heavy atom. The number of rotatable bonds is 4. The molecule has 13 heavy (non-hydrogen) atoms. The molecule has 1 aromatic rings. The molecule has 1 nitrogen and oxygen atoms in total. The number of thioether (sulfide) groups is 1. The van der Waals surface area contributed by atoms with E-state index in [2.05, 4.69) is 18.7 Å². The van der Waals surface area contributed by atoms with Gasteiger partial charge in [0, 0.05) is 10.6 Å². The van der Waals surface area contributed by atoms with Gasteiger partial charge in [-0.3, -0.25) is 0 Å². The molecule has 0 fully saturated rings. The Balaban J connectivity index is 2.54. The molecule has 0 aliphatic rings. The van der Waals surface area contributed by atoms with E-state index < -0.39 is 0 Å². The smallest absolute Gasteiger partial charge is 0.118 e. The lowest BCUT2D eigenvalue weighted by atomic mass is 10.3. The zero-order chi connectivity index (χ0) is 9.68. The van der Waals surface area contributed by atoms with Crippen LogP contribution in [0.4, 0.5) is 0 Å². The maximum atomic E-state index is 5.07. The van der Waals surface area contributed by atoms with Crippen LogP contribution in [0.1, 0.15) is 6.92 Å². The number of hydrogen-bond donors (Lipinski definition) is 0. The molecule has 1 aromatic carbocycles. The van der Waals surface area contributed by atoms with Crippen molar-refractivity contribution in [3.63, 3.8) is 0 Å². The third-order valence-corrected chi connectivity index (χ3v) is 2.79. The van der Waals surface area contributed by atoms with Crippen molar-refractivity contribution in [1.82, 2.24) is 0 Å². The molecular formula is C11H14OS. The summed E-state index contributed by atoms with van der Waals surface area (Å²) in [6, 6.07) is 8.07. The molecule has 0 N–H and O–H groups in total. The summed E-state index contributed by atoms with van der Waals surface area (Å²) in [6.07, 6.45) is 0. The normalized spacial score (nSPS) is 9.69. The van der Waals surface area contributed by atoms with Gasteiger partial charge in [0.2, 0.25) is 0 Å². The second-order valence-corrected chi connectivity index (χ2v) is 3.97. The molecular weight excluding hydrogens is 180 g/mol. The fourth-order valence-corrected chi connectivity index (χ4v) is 1.62. The molecule has 0 spiro atoms. The van der Waals surface area contributed by atoms with Crippen molar-refractivity contribution in [2.45, 2.75) is 11.8 Å². The van der Waals surface area contributed by atoms with E-state index in [9.17, 15) is 0 Å². The number of hydrogen-bond acceptors (Lipinski definition) is 2. The van der Waals surface area contributed by atoms with E-state index in [1.165, 1.54) is 10.5 Å². The number of methoxy groups -OCH3 is 1. The number of ether oxygens (including phenoxy) is 1. The summed E-state index contributed by atoms with van der Waals surface area (Å²) < 4.78 is 5.07. The lowest BCUT2D eigenvalue weighted by Crippen LogP contribution is -1.82. The van der Waals surface area contributed by atoms with Crippen molar-refractivity contribution in [1.29, 1.82) is 0 Å². The third-order valence-electron chi connectivity index (χ3n) is 1.54. The van der Waals surface area contributed by atoms with Crippen LogP contribution in [0, 0.1) is 0 Å². The van der Waals surface area contributed by atoms with Gasteiger partial charge in [-0.05, 0) is 31.2 Å². The largest absolute Gasteiger partial charge is 0.497 e. The first-order chi connectivity index (χ1) is 6.22. The van der Waals surface area contributed by atoms with Crippen LogP contribution in [-0.2, 0) is 0 Å². The van der Waals surface area contributed by atoms with Crippen molar-refractivity contribution in [3.8, 4) is 5.75 Å². The quantitative estimate of drug-likeness (QED) is 0.537. The van der Waals surface area contributed by atoms with Gasteiger partial charge in [0.25, 0.3) is 0 Å². The SMILES string of the molecule is C=C(C)CSc1ccc(OC)cc1. The van der Waals surface area contributed by atoms with E-state index in [0.717, 1.165) is 11.5 Å². The fourth-order valence-electron chi connectivity index (χ4n) is 0.878. The zero-order valence-corrected chi connectivity index (χ0v) is 8.86. The van der Waals surface area contributed by atoms with Gasteiger partial charge >= 0.3 is 0 Å². The molecule has 1 rings (SSSR count). The Bertz CT molecular complexity index is 277. The van der Waals surface area contributed by atoms with Crippen LogP contribution in [0.15, 0.2) is 41.3 Å². The van der Waals surface area contributed by atoms with Crippen LogP contribution in [0.2, 0.25) is 0 Å². The van der Waals surface area contributed by atoms with Crippen molar-refractivity contribution < 1.29 is 4.74 Å². The fraction of sp³-hybridized carbons (Fsp3) is 0.273. The Morgan fingerprint density at radius 1 is 1.38 bits per heavy atom. The molecule has 0 aromatic heterocycles. The number of benzene rings is 1. The highest BCUT2D eigenvalue weighted by Crippen LogP contribution is 2.22. The first-order valence-electron chi connectivity index (χ1n) is 4.13. The molecule has 2 heteroatoms. The monoisotopic (exact) mass is 194 g/mol. The van der Waals surface area contributed by atoms with Crippen molar-refractivity contribution in [3.05, 3.63) is 36.4 Å². The molecule has 0 aliphatic carbocycles. The third kappa shape index (κ3) is 3.55. The van der Waals surface area contributed by atoms with Gasteiger partial charge in [-0.2, -0.15) is 0 Å². The van der Waals surface area contributed by atoms with Gasteiger partial charge in [0.1, 0.15) is 5.75 Å². The van der Waals surface area contributed by atoms with Crippen molar-refractivity contribution in [2.24, 2.45) is 0 Å². The summed E-state index contributed by atoms with van der Waals surface area (Å²) >= 11 is 1.79. The second kappa shape index (κ2) is 4.97. The predicted molar refractivity (Wildman–Crippen MR) is 58.5 cm³/mol. The lowest BCUT2D eigenvalue weighted by molar-refractivity contribution is 0.414. The maximum absolute atomic E-state index is 5.07. The van der Waals surface area contributed by atoms with E-state index in [4.69, 9.17) is 4.74 Å². The van der Waals surface area contributed by atoms with Gasteiger partial charge in [-0.25, -0.2) is 0 Å². The second-order valence-electron chi connectivity index (χ2n) is 2.92. The molecule has 0 saturated carbocycles. The molecule has 0 amide bonds. The van der Waals surface area contributed by atoms with E-state index in [-0.39, 0.29) is 0 Å². The maximum Gasteiger partial charge on any atom is 0.118 e. The molecule has 0 heterocycles. The molecule has 0 saturated heterocycles. The van der Waals surface area contributed by atoms with Gasteiger partial charge in [-0.1, -0.05) is 12.2 Å². The predicted octanol–water partition coefficient (Wildman–Crippen LogP) is 3.36. The molecule has 0 bridgehead atoms. The minimum Gasteiger partial charge on any atom is -0.497 e. The standard InChI is InChI=1S/C11H14OS/c1-9(2)8-13-11-6-4-10(12-3)5-7-11/h4-7H,1,8H2,2-3H3. The van der Waals surface area contributed by atoms with Gasteiger partial charge in [0.15, 0.2) is 0 Å². The van der Waals surface area contributed by atoms with Crippen LogP contribution < -0.4 is 4.74 Å². The van der Waals surface area contributed by atoms with Crippen LogP contribution in [0.3, 0.4) is 0 Å². The van der Waals surface area contributed by atoms with Gasteiger partial charge in [-0.15, -0.1) is 11.8 Å². The molecule has 0 unspecified atom stereocenters. The van der Waals surface area contributed by atoms with E-state index in [1.54, 1.807) is 18.9 Å². The minimum atomic E-state index is 0.902. The minimum absolute atomic E-state index is 0.902. The summed E-state index contributed by atoms with van der Waals surface area (Å²) in [5.41, 5.74) is 1.20. The van der Waals surface area contributed by atoms with Crippen LogP contribution in [-0.4, -0.2) is 12.9 Å². The zero-order valence-electron chi connectivity index (χ0n) is 8.04. The van der Waals surface area contributed by atoms with Crippen molar-refractivity contribution in [2.75, 3.05) is 12.9 Å². The average Bonchev–Trinajstić information content (AvgIpc) is 2.15. The van der Waals surface area contributed by atoms with Crippen LogP contribution in [0.25, 0.3) is 0 Å². The summed E-state index contributed by atoms with van der Waals surface area (Å²) in [4.78, 5) is 1.25.